The average Bonchev–Trinajstić information content (AvgIpc) is 3.16. The van der Waals surface area contributed by atoms with E-state index in [1.54, 1.807) is 0 Å². The smallest absolute Gasteiger partial charge is 0.226 e. The molecule has 1 saturated heterocycles. The number of hydrogen-bond donors (Lipinski definition) is 0. The molecular weight excluding hydrogens is 312 g/mol. The molecule has 2 heterocycles. The van der Waals surface area contributed by atoms with Crippen molar-refractivity contribution in [1.82, 2.24) is 10.1 Å². The summed E-state index contributed by atoms with van der Waals surface area (Å²) < 4.78 is 28.5. The highest BCUT2D eigenvalue weighted by Gasteiger charge is 2.37. The second-order valence-corrected chi connectivity index (χ2v) is 8.97. The number of benzene rings is 1. The van der Waals surface area contributed by atoms with Gasteiger partial charge >= 0.3 is 0 Å². The van der Waals surface area contributed by atoms with E-state index in [9.17, 15) is 8.42 Å². The van der Waals surface area contributed by atoms with E-state index in [-0.39, 0.29) is 23.3 Å². The maximum absolute atomic E-state index is 11.6. The van der Waals surface area contributed by atoms with Crippen molar-refractivity contribution in [3.05, 3.63) is 47.6 Å². The molecule has 2 aliphatic rings. The number of sulfone groups is 1. The third-order valence-electron chi connectivity index (χ3n) is 4.80. The van der Waals surface area contributed by atoms with Gasteiger partial charge in [-0.1, -0.05) is 35.5 Å². The lowest BCUT2D eigenvalue weighted by Gasteiger charge is -2.11. The molecule has 0 radical (unpaired) electrons. The van der Waals surface area contributed by atoms with Crippen LogP contribution in [0.2, 0.25) is 0 Å². The Kier molecular flexibility index (Phi) is 3.71. The Morgan fingerprint density at radius 2 is 1.96 bits per heavy atom. The number of nitrogens with zero attached hydrogens (tertiary/aromatic N) is 2. The third-order valence-corrected chi connectivity index (χ3v) is 6.64. The van der Waals surface area contributed by atoms with Crippen LogP contribution in [0.3, 0.4) is 0 Å². The summed E-state index contributed by atoms with van der Waals surface area (Å²) in [4.78, 5) is 4.59. The molecule has 0 spiro atoms. The maximum atomic E-state index is 11.6. The second kappa shape index (κ2) is 5.74. The third kappa shape index (κ3) is 3.32. The molecule has 23 heavy (non-hydrogen) atoms. The molecule has 1 aliphatic heterocycles. The molecule has 0 amide bonds. The van der Waals surface area contributed by atoms with Crippen LogP contribution in [-0.2, 0) is 16.3 Å². The summed E-state index contributed by atoms with van der Waals surface area (Å²) in [6, 6.07) is 10.3. The van der Waals surface area contributed by atoms with Crippen molar-refractivity contribution in [2.24, 2.45) is 11.8 Å². The first-order valence-electron chi connectivity index (χ1n) is 8.18. The minimum atomic E-state index is -2.86. The summed E-state index contributed by atoms with van der Waals surface area (Å²) in [6.07, 6.45) is 3.66. The average molecular weight is 332 g/mol. The van der Waals surface area contributed by atoms with Gasteiger partial charge in [0.2, 0.25) is 5.89 Å². The summed E-state index contributed by atoms with van der Waals surface area (Å²) in [7, 11) is -2.86. The zero-order chi connectivity index (χ0) is 15.9. The Morgan fingerprint density at radius 1 is 1.17 bits per heavy atom. The molecule has 0 unspecified atom stereocenters. The summed E-state index contributed by atoms with van der Waals surface area (Å²) in [5, 5.41) is 4.20. The Bertz CT molecular complexity index is 781. The molecule has 5 nitrogen and oxygen atoms in total. The van der Waals surface area contributed by atoms with Gasteiger partial charge in [0.05, 0.1) is 17.4 Å². The summed E-state index contributed by atoms with van der Waals surface area (Å²) in [5.41, 5.74) is 1.23. The Hall–Kier alpha value is -1.69. The topological polar surface area (TPSA) is 73.1 Å². The molecule has 4 rings (SSSR count). The predicted octanol–water partition coefficient (Wildman–Crippen LogP) is 2.59. The van der Waals surface area contributed by atoms with Crippen molar-refractivity contribution < 1.29 is 12.9 Å². The van der Waals surface area contributed by atoms with Crippen LogP contribution in [0.1, 0.15) is 42.5 Å². The van der Waals surface area contributed by atoms with Gasteiger partial charge in [-0.3, -0.25) is 0 Å². The van der Waals surface area contributed by atoms with Gasteiger partial charge in [0, 0.05) is 6.42 Å². The lowest BCUT2D eigenvalue weighted by atomic mass is 9.93. The predicted molar refractivity (Wildman–Crippen MR) is 85.8 cm³/mol. The van der Waals surface area contributed by atoms with E-state index < -0.39 is 9.84 Å². The van der Waals surface area contributed by atoms with Crippen LogP contribution in [0.15, 0.2) is 34.9 Å². The molecule has 122 valence electrons. The highest BCUT2D eigenvalue weighted by atomic mass is 32.2. The fourth-order valence-electron chi connectivity index (χ4n) is 3.48. The van der Waals surface area contributed by atoms with Crippen LogP contribution >= 0.6 is 0 Å². The highest BCUT2D eigenvalue weighted by molar-refractivity contribution is 7.91. The van der Waals surface area contributed by atoms with Gasteiger partial charge in [-0.05, 0) is 36.7 Å². The van der Waals surface area contributed by atoms with Crippen molar-refractivity contribution in [2.75, 3.05) is 11.5 Å². The maximum Gasteiger partial charge on any atom is 0.226 e. The van der Waals surface area contributed by atoms with E-state index in [1.807, 2.05) is 18.2 Å². The van der Waals surface area contributed by atoms with Gasteiger partial charge in [0.25, 0.3) is 0 Å². The van der Waals surface area contributed by atoms with Gasteiger partial charge in [0.1, 0.15) is 0 Å². The first kappa shape index (κ1) is 14.9. The fourth-order valence-corrected chi connectivity index (χ4v) is 5.34. The van der Waals surface area contributed by atoms with E-state index in [4.69, 9.17) is 4.52 Å². The number of aromatic nitrogens is 2. The van der Waals surface area contributed by atoms with Crippen LogP contribution in [0, 0.1) is 11.8 Å². The second-order valence-electron chi connectivity index (χ2n) is 6.75. The molecule has 2 atom stereocenters. The van der Waals surface area contributed by atoms with Crippen molar-refractivity contribution in [3.63, 3.8) is 0 Å². The van der Waals surface area contributed by atoms with Gasteiger partial charge in [-0.15, -0.1) is 0 Å². The summed E-state index contributed by atoms with van der Waals surface area (Å²) in [6.45, 7) is 0. The zero-order valence-electron chi connectivity index (χ0n) is 12.9. The molecule has 2 fully saturated rings. The Morgan fingerprint density at radius 3 is 2.61 bits per heavy atom. The van der Waals surface area contributed by atoms with E-state index in [2.05, 4.69) is 22.3 Å². The van der Waals surface area contributed by atoms with Gasteiger partial charge in [-0.2, -0.15) is 4.98 Å². The van der Waals surface area contributed by atoms with Crippen LogP contribution < -0.4 is 0 Å². The van der Waals surface area contributed by atoms with Crippen molar-refractivity contribution >= 4 is 9.84 Å². The van der Waals surface area contributed by atoms with Gasteiger partial charge in [0.15, 0.2) is 15.7 Å². The molecule has 6 heteroatoms. The monoisotopic (exact) mass is 332 g/mol. The van der Waals surface area contributed by atoms with Crippen LogP contribution in [-0.4, -0.2) is 30.1 Å². The van der Waals surface area contributed by atoms with Crippen molar-refractivity contribution in [1.29, 1.82) is 0 Å². The van der Waals surface area contributed by atoms with E-state index in [0.717, 1.165) is 5.82 Å². The minimum Gasteiger partial charge on any atom is -0.339 e. The Balaban J connectivity index is 1.52. The van der Waals surface area contributed by atoms with E-state index >= 15 is 0 Å². The fraction of sp³-hybridized carbons (Fsp3) is 0.529. The molecule has 1 saturated carbocycles. The van der Waals surface area contributed by atoms with E-state index in [0.29, 0.717) is 24.7 Å². The van der Waals surface area contributed by atoms with Gasteiger partial charge < -0.3 is 4.52 Å². The molecule has 0 N–H and O–H groups in total. The lowest BCUT2D eigenvalue weighted by Crippen LogP contribution is -2.08. The molecule has 0 bridgehead atoms. The summed E-state index contributed by atoms with van der Waals surface area (Å²) in [5.74, 6) is 2.75. The van der Waals surface area contributed by atoms with E-state index in [1.165, 1.54) is 18.4 Å². The zero-order valence-corrected chi connectivity index (χ0v) is 13.7. The lowest BCUT2D eigenvalue weighted by molar-refractivity contribution is 0.353. The van der Waals surface area contributed by atoms with Crippen LogP contribution in [0.4, 0.5) is 0 Å². The number of rotatable bonds is 5. The number of hydrogen-bond acceptors (Lipinski definition) is 5. The van der Waals surface area contributed by atoms with Crippen LogP contribution in [0.25, 0.3) is 0 Å². The highest BCUT2D eigenvalue weighted by Crippen LogP contribution is 2.45. The first-order valence-corrected chi connectivity index (χ1v) is 10.0. The standard InChI is InChI=1S/C17H20N2O3S/c20-23(21)9-8-12(11-23)10-15-18-17(19-22-15)16(14-6-7-14)13-4-2-1-3-5-13/h1-5,12,14,16H,6-11H2/t12-,16+/m0/s1. The summed E-state index contributed by atoms with van der Waals surface area (Å²) >= 11 is 0. The SMILES string of the molecule is O=S1(=O)CC[C@@H](Cc2nc([C@H](c3ccccc3)C3CC3)no2)C1. The first-order chi connectivity index (χ1) is 11.1. The molecular formula is C17H20N2O3S. The normalized spacial score (nSPS) is 24.6. The van der Waals surface area contributed by atoms with Crippen molar-refractivity contribution in [2.45, 2.75) is 31.6 Å². The largest absolute Gasteiger partial charge is 0.339 e. The molecule has 1 aromatic heterocycles. The molecule has 1 aromatic carbocycles. The van der Waals surface area contributed by atoms with Crippen LogP contribution in [0.5, 0.6) is 0 Å². The van der Waals surface area contributed by atoms with Crippen molar-refractivity contribution in [3.8, 4) is 0 Å². The molecule has 2 aromatic rings. The minimum absolute atomic E-state index is 0.115. The molecule has 1 aliphatic carbocycles. The Labute approximate surface area is 136 Å². The van der Waals surface area contributed by atoms with Gasteiger partial charge in [-0.25, -0.2) is 8.42 Å². The quantitative estimate of drug-likeness (QED) is 0.841.